The lowest BCUT2D eigenvalue weighted by molar-refractivity contribution is -0.131. The fourth-order valence-corrected chi connectivity index (χ4v) is 3.04. The molecule has 0 unspecified atom stereocenters. The highest BCUT2D eigenvalue weighted by Gasteiger charge is 2.32. The van der Waals surface area contributed by atoms with Gasteiger partial charge in [-0.15, -0.1) is 0 Å². The van der Waals surface area contributed by atoms with Crippen LogP contribution in [0.3, 0.4) is 0 Å². The topological polar surface area (TPSA) is 46.3 Å². The summed E-state index contributed by atoms with van der Waals surface area (Å²) in [5.41, 5.74) is 1.78. The third-order valence-electron chi connectivity index (χ3n) is 3.79. The van der Waals surface area contributed by atoms with Crippen molar-refractivity contribution in [3.05, 3.63) is 52.4 Å². The molecule has 110 valence electrons. The number of hydrogen-bond acceptors (Lipinski definition) is 3. The van der Waals surface area contributed by atoms with Crippen LogP contribution in [0.1, 0.15) is 35.9 Å². The molecule has 0 bridgehead atoms. The van der Waals surface area contributed by atoms with E-state index in [0.717, 1.165) is 36.4 Å². The van der Waals surface area contributed by atoms with Gasteiger partial charge in [0.15, 0.2) is 5.76 Å². The quantitative estimate of drug-likeness (QED) is 0.871. The average molecular weight is 305 g/mol. The Hall–Kier alpha value is -1.81. The van der Waals surface area contributed by atoms with E-state index in [1.165, 1.54) is 0 Å². The van der Waals surface area contributed by atoms with Gasteiger partial charge in [0.1, 0.15) is 0 Å². The Balaban J connectivity index is 1.74. The molecule has 1 aromatic carbocycles. The van der Waals surface area contributed by atoms with E-state index in [0.29, 0.717) is 11.4 Å². The predicted octanol–water partition coefficient (Wildman–Crippen LogP) is 3.54. The van der Waals surface area contributed by atoms with Crippen molar-refractivity contribution in [2.45, 2.75) is 32.2 Å². The van der Waals surface area contributed by atoms with Crippen molar-refractivity contribution in [3.8, 4) is 0 Å². The monoisotopic (exact) mass is 304 g/mol. The zero-order valence-electron chi connectivity index (χ0n) is 11.9. The molecule has 1 fully saturated rings. The maximum Gasteiger partial charge on any atom is 0.227 e. The zero-order chi connectivity index (χ0) is 14.8. The van der Waals surface area contributed by atoms with E-state index in [1.807, 2.05) is 42.2 Å². The Morgan fingerprint density at radius 3 is 3.05 bits per heavy atom. The smallest absolute Gasteiger partial charge is 0.227 e. The van der Waals surface area contributed by atoms with E-state index in [9.17, 15) is 4.79 Å². The van der Waals surface area contributed by atoms with Crippen LogP contribution in [0, 0.1) is 6.92 Å². The second-order valence-electron chi connectivity index (χ2n) is 5.42. The lowest BCUT2D eigenvalue weighted by Crippen LogP contribution is -2.31. The number of halogens is 1. The number of benzene rings is 1. The van der Waals surface area contributed by atoms with Gasteiger partial charge in [-0.25, -0.2) is 0 Å². The number of rotatable bonds is 3. The summed E-state index contributed by atoms with van der Waals surface area (Å²) in [5.74, 6) is 0.887. The molecule has 0 radical (unpaired) electrons. The van der Waals surface area contributed by atoms with Crippen molar-refractivity contribution in [3.63, 3.8) is 0 Å². The van der Waals surface area contributed by atoms with E-state index in [1.54, 1.807) is 0 Å². The first-order chi connectivity index (χ1) is 10.1. The molecule has 3 rings (SSSR count). The van der Waals surface area contributed by atoms with Gasteiger partial charge in [0.05, 0.1) is 18.2 Å². The largest absolute Gasteiger partial charge is 0.359 e. The molecule has 5 heteroatoms. The predicted molar refractivity (Wildman–Crippen MR) is 80.1 cm³/mol. The van der Waals surface area contributed by atoms with Crippen molar-refractivity contribution in [1.29, 1.82) is 0 Å². The molecule has 21 heavy (non-hydrogen) atoms. The Labute approximate surface area is 128 Å². The number of aryl methyl sites for hydroxylation is 1. The third-order valence-corrected chi connectivity index (χ3v) is 4.03. The molecule has 0 spiro atoms. The first-order valence-electron chi connectivity index (χ1n) is 7.10. The van der Waals surface area contributed by atoms with Gasteiger partial charge < -0.3 is 9.42 Å². The van der Waals surface area contributed by atoms with Crippen LogP contribution in [0.15, 0.2) is 34.9 Å². The summed E-state index contributed by atoms with van der Waals surface area (Å²) in [6.45, 7) is 2.66. The van der Waals surface area contributed by atoms with E-state index in [-0.39, 0.29) is 11.9 Å². The van der Waals surface area contributed by atoms with Crippen LogP contribution in [-0.2, 0) is 11.2 Å². The van der Waals surface area contributed by atoms with E-state index in [2.05, 4.69) is 5.16 Å². The van der Waals surface area contributed by atoms with Crippen LogP contribution >= 0.6 is 11.6 Å². The highest BCUT2D eigenvalue weighted by atomic mass is 35.5. The highest BCUT2D eigenvalue weighted by molar-refractivity contribution is 6.30. The minimum Gasteiger partial charge on any atom is -0.359 e. The molecule has 1 saturated heterocycles. The molecule has 1 aliphatic rings. The second-order valence-corrected chi connectivity index (χ2v) is 5.86. The van der Waals surface area contributed by atoms with Gasteiger partial charge in [-0.05, 0) is 37.5 Å². The van der Waals surface area contributed by atoms with Gasteiger partial charge in [-0.2, -0.15) is 0 Å². The van der Waals surface area contributed by atoms with E-state index >= 15 is 0 Å². The van der Waals surface area contributed by atoms with Crippen LogP contribution in [0.25, 0.3) is 0 Å². The lowest BCUT2D eigenvalue weighted by Gasteiger charge is -2.22. The minimum atomic E-state index is 0.0119. The Morgan fingerprint density at radius 1 is 1.48 bits per heavy atom. The fraction of sp³-hybridized carbons (Fsp3) is 0.375. The Kier molecular flexibility index (Phi) is 3.97. The highest BCUT2D eigenvalue weighted by Crippen LogP contribution is 2.32. The molecular formula is C16H17ClN2O2. The average Bonchev–Trinajstić information content (AvgIpc) is 3.06. The maximum atomic E-state index is 12.5. The summed E-state index contributed by atoms with van der Waals surface area (Å²) in [5, 5.41) is 4.58. The molecule has 1 atom stereocenters. The molecule has 2 heterocycles. The summed E-state index contributed by atoms with van der Waals surface area (Å²) in [4.78, 5) is 14.4. The molecular weight excluding hydrogens is 288 g/mol. The number of amides is 1. The van der Waals surface area contributed by atoms with Gasteiger partial charge >= 0.3 is 0 Å². The van der Waals surface area contributed by atoms with E-state index in [4.69, 9.17) is 16.1 Å². The van der Waals surface area contributed by atoms with Crippen LogP contribution < -0.4 is 0 Å². The number of likely N-dealkylation sites (tertiary alicyclic amines) is 1. The van der Waals surface area contributed by atoms with Gasteiger partial charge in [0, 0.05) is 17.6 Å². The minimum absolute atomic E-state index is 0.0119. The molecule has 1 aliphatic heterocycles. The van der Waals surface area contributed by atoms with Gasteiger partial charge in [-0.1, -0.05) is 28.9 Å². The summed E-state index contributed by atoms with van der Waals surface area (Å²) in [6.07, 6.45) is 2.28. The van der Waals surface area contributed by atoms with Crippen molar-refractivity contribution in [1.82, 2.24) is 10.1 Å². The standard InChI is InChI=1S/C16H17ClN2O2/c1-11-8-15(21-18-11)14-6-3-7-19(14)16(20)10-12-4-2-5-13(17)9-12/h2,4-5,8-9,14H,3,6-7,10H2,1H3/t14-/m1/s1. The molecule has 0 aliphatic carbocycles. The molecule has 1 amide bonds. The van der Waals surface area contributed by atoms with Gasteiger partial charge in [0.2, 0.25) is 5.91 Å². The number of aromatic nitrogens is 1. The normalized spacial score (nSPS) is 18.2. The van der Waals surface area contributed by atoms with Crippen LogP contribution in [0.5, 0.6) is 0 Å². The lowest BCUT2D eigenvalue weighted by atomic mass is 10.1. The summed E-state index contributed by atoms with van der Waals surface area (Å²) in [6, 6.07) is 9.36. The van der Waals surface area contributed by atoms with Crippen molar-refractivity contribution in [2.75, 3.05) is 6.54 Å². The van der Waals surface area contributed by atoms with Crippen molar-refractivity contribution in [2.24, 2.45) is 0 Å². The summed E-state index contributed by atoms with van der Waals surface area (Å²) >= 11 is 5.97. The molecule has 4 nitrogen and oxygen atoms in total. The van der Waals surface area contributed by atoms with Crippen LogP contribution in [0.4, 0.5) is 0 Å². The van der Waals surface area contributed by atoms with Crippen molar-refractivity contribution < 1.29 is 9.32 Å². The first kappa shape index (κ1) is 14.1. The second kappa shape index (κ2) is 5.90. The van der Waals surface area contributed by atoms with E-state index < -0.39 is 0 Å². The number of nitrogens with zero attached hydrogens (tertiary/aromatic N) is 2. The number of hydrogen-bond donors (Lipinski definition) is 0. The Bertz CT molecular complexity index is 653. The van der Waals surface area contributed by atoms with Crippen molar-refractivity contribution >= 4 is 17.5 Å². The van der Waals surface area contributed by atoms with Gasteiger partial charge in [0.25, 0.3) is 0 Å². The molecule has 0 N–H and O–H groups in total. The number of carbonyl (C=O) groups is 1. The number of carbonyl (C=O) groups excluding carboxylic acids is 1. The fourth-order valence-electron chi connectivity index (χ4n) is 2.82. The maximum absolute atomic E-state index is 12.5. The summed E-state index contributed by atoms with van der Waals surface area (Å²) in [7, 11) is 0. The van der Waals surface area contributed by atoms with Gasteiger partial charge in [-0.3, -0.25) is 4.79 Å². The molecule has 2 aromatic rings. The summed E-state index contributed by atoms with van der Waals surface area (Å²) < 4.78 is 5.33. The zero-order valence-corrected chi connectivity index (χ0v) is 12.6. The van der Waals surface area contributed by atoms with Crippen LogP contribution in [-0.4, -0.2) is 22.5 Å². The third kappa shape index (κ3) is 3.10. The molecule has 1 aromatic heterocycles. The molecule has 0 saturated carbocycles. The SMILES string of the molecule is Cc1cc([C@H]2CCCN2C(=O)Cc2cccc(Cl)c2)on1. The first-order valence-corrected chi connectivity index (χ1v) is 7.48. The van der Waals surface area contributed by atoms with Crippen LogP contribution in [0.2, 0.25) is 5.02 Å². The Morgan fingerprint density at radius 2 is 2.33 bits per heavy atom.